The fourth-order valence-corrected chi connectivity index (χ4v) is 2.81. The number of benzene rings is 2. The van der Waals surface area contributed by atoms with Crippen LogP contribution in [0.3, 0.4) is 0 Å². The van der Waals surface area contributed by atoms with Crippen molar-refractivity contribution < 1.29 is 5.11 Å². The van der Waals surface area contributed by atoms with Crippen molar-refractivity contribution in [3.05, 3.63) is 71.3 Å². The molecule has 1 unspecified atom stereocenters. The van der Waals surface area contributed by atoms with Gasteiger partial charge in [-0.25, -0.2) is 0 Å². The van der Waals surface area contributed by atoms with E-state index in [4.69, 9.17) is 0 Å². The zero-order valence-corrected chi connectivity index (χ0v) is 10.3. The van der Waals surface area contributed by atoms with E-state index in [9.17, 15) is 5.11 Å². The number of aliphatic hydroxyl groups is 1. The SMILES string of the molecule is OCCN1Cc2ccccc2C1c1ccccc1. The summed E-state index contributed by atoms with van der Waals surface area (Å²) >= 11 is 0. The Labute approximate surface area is 107 Å². The average molecular weight is 239 g/mol. The molecule has 0 radical (unpaired) electrons. The van der Waals surface area contributed by atoms with Crippen LogP contribution in [0.5, 0.6) is 0 Å². The molecule has 0 saturated carbocycles. The molecule has 1 atom stereocenters. The summed E-state index contributed by atoms with van der Waals surface area (Å²) < 4.78 is 0. The zero-order valence-electron chi connectivity index (χ0n) is 10.3. The number of aliphatic hydroxyl groups excluding tert-OH is 1. The largest absolute Gasteiger partial charge is 0.395 e. The highest BCUT2D eigenvalue weighted by Gasteiger charge is 2.30. The van der Waals surface area contributed by atoms with Crippen LogP contribution in [-0.2, 0) is 6.54 Å². The summed E-state index contributed by atoms with van der Waals surface area (Å²) in [6, 6.07) is 19.4. The van der Waals surface area contributed by atoms with Gasteiger partial charge in [0.1, 0.15) is 0 Å². The lowest BCUT2D eigenvalue weighted by atomic mass is 9.98. The summed E-state index contributed by atoms with van der Waals surface area (Å²) in [6.45, 7) is 1.85. The van der Waals surface area contributed by atoms with Crippen molar-refractivity contribution in [3.63, 3.8) is 0 Å². The summed E-state index contributed by atoms with van der Waals surface area (Å²) in [5.74, 6) is 0. The Kier molecular flexibility index (Phi) is 3.13. The normalized spacial score (nSPS) is 18.8. The summed E-state index contributed by atoms with van der Waals surface area (Å²) in [4.78, 5) is 2.33. The number of hydrogen-bond donors (Lipinski definition) is 1. The van der Waals surface area contributed by atoms with E-state index in [1.807, 2.05) is 6.07 Å². The van der Waals surface area contributed by atoms with E-state index in [1.54, 1.807) is 0 Å². The third-order valence-electron chi connectivity index (χ3n) is 3.59. The molecule has 0 aliphatic carbocycles. The Morgan fingerprint density at radius 1 is 1.00 bits per heavy atom. The Hall–Kier alpha value is -1.64. The topological polar surface area (TPSA) is 23.5 Å². The molecule has 2 aromatic rings. The van der Waals surface area contributed by atoms with Crippen molar-refractivity contribution in [1.29, 1.82) is 0 Å². The maximum absolute atomic E-state index is 9.23. The molecule has 1 heterocycles. The zero-order chi connectivity index (χ0) is 12.4. The molecule has 0 spiro atoms. The first-order chi connectivity index (χ1) is 8.90. The molecule has 2 heteroatoms. The highest BCUT2D eigenvalue weighted by atomic mass is 16.3. The van der Waals surface area contributed by atoms with Gasteiger partial charge in [-0.2, -0.15) is 0 Å². The number of hydrogen-bond acceptors (Lipinski definition) is 2. The van der Waals surface area contributed by atoms with Gasteiger partial charge in [0, 0.05) is 13.1 Å². The predicted molar refractivity (Wildman–Crippen MR) is 72.2 cm³/mol. The van der Waals surface area contributed by atoms with Gasteiger partial charge in [-0.3, -0.25) is 4.90 Å². The van der Waals surface area contributed by atoms with E-state index in [0.717, 1.165) is 6.54 Å². The summed E-state index contributed by atoms with van der Waals surface area (Å²) in [7, 11) is 0. The van der Waals surface area contributed by atoms with Gasteiger partial charge in [-0.1, -0.05) is 54.6 Å². The molecule has 0 aromatic heterocycles. The lowest BCUT2D eigenvalue weighted by Gasteiger charge is -2.24. The fraction of sp³-hybridized carbons (Fsp3) is 0.250. The predicted octanol–water partition coefficient (Wildman–Crippen LogP) is 2.58. The van der Waals surface area contributed by atoms with Crippen LogP contribution in [0.4, 0.5) is 0 Å². The highest BCUT2D eigenvalue weighted by Crippen LogP contribution is 2.37. The summed E-state index contributed by atoms with van der Waals surface area (Å²) in [5, 5.41) is 9.23. The molecule has 1 aliphatic rings. The van der Waals surface area contributed by atoms with Gasteiger partial charge in [-0.15, -0.1) is 0 Å². The number of nitrogens with zero attached hydrogens (tertiary/aromatic N) is 1. The molecule has 0 saturated heterocycles. The first-order valence-electron chi connectivity index (χ1n) is 6.38. The van der Waals surface area contributed by atoms with Crippen molar-refractivity contribution in [3.8, 4) is 0 Å². The first-order valence-corrected chi connectivity index (χ1v) is 6.38. The molecule has 1 N–H and O–H groups in total. The van der Waals surface area contributed by atoms with E-state index in [0.29, 0.717) is 6.54 Å². The van der Waals surface area contributed by atoms with Gasteiger partial charge >= 0.3 is 0 Å². The Balaban J connectivity index is 2.03. The van der Waals surface area contributed by atoms with Gasteiger partial charge in [-0.05, 0) is 16.7 Å². The van der Waals surface area contributed by atoms with Gasteiger partial charge in [0.15, 0.2) is 0 Å². The van der Waals surface area contributed by atoms with Crippen LogP contribution in [0.2, 0.25) is 0 Å². The fourth-order valence-electron chi connectivity index (χ4n) is 2.81. The molecule has 18 heavy (non-hydrogen) atoms. The number of rotatable bonds is 3. The van der Waals surface area contributed by atoms with Crippen LogP contribution in [0.15, 0.2) is 54.6 Å². The maximum atomic E-state index is 9.23. The monoisotopic (exact) mass is 239 g/mol. The standard InChI is InChI=1S/C16H17NO/c18-11-10-17-12-14-8-4-5-9-15(14)16(17)13-6-2-1-3-7-13/h1-9,16,18H,10-12H2. The van der Waals surface area contributed by atoms with Crippen LogP contribution >= 0.6 is 0 Å². The molecule has 2 aromatic carbocycles. The maximum Gasteiger partial charge on any atom is 0.0608 e. The van der Waals surface area contributed by atoms with Crippen molar-refractivity contribution >= 4 is 0 Å². The molecule has 0 bridgehead atoms. The second-order valence-corrected chi connectivity index (χ2v) is 4.71. The van der Waals surface area contributed by atoms with Gasteiger partial charge in [0.2, 0.25) is 0 Å². The Morgan fingerprint density at radius 3 is 2.50 bits per heavy atom. The number of β-amino-alcohol motifs (C(OH)–C–C–N with tert-alkyl or cyclic N) is 1. The molecular weight excluding hydrogens is 222 g/mol. The van der Waals surface area contributed by atoms with Crippen LogP contribution in [0.25, 0.3) is 0 Å². The summed E-state index contributed by atoms with van der Waals surface area (Å²) in [6.07, 6.45) is 0. The quantitative estimate of drug-likeness (QED) is 0.890. The molecule has 0 amide bonds. The molecular formula is C16H17NO. The van der Waals surface area contributed by atoms with Crippen LogP contribution in [0.1, 0.15) is 22.7 Å². The van der Waals surface area contributed by atoms with E-state index < -0.39 is 0 Å². The first kappa shape index (κ1) is 11.5. The smallest absolute Gasteiger partial charge is 0.0608 e. The van der Waals surface area contributed by atoms with Crippen molar-refractivity contribution in [2.75, 3.05) is 13.2 Å². The lowest BCUT2D eigenvalue weighted by molar-refractivity contribution is 0.177. The third kappa shape index (κ3) is 1.94. The average Bonchev–Trinajstić information content (AvgIpc) is 2.78. The van der Waals surface area contributed by atoms with Gasteiger partial charge in [0.25, 0.3) is 0 Å². The minimum absolute atomic E-state index is 0.206. The second kappa shape index (κ2) is 4.92. The molecule has 3 rings (SSSR count). The third-order valence-corrected chi connectivity index (χ3v) is 3.59. The van der Waals surface area contributed by atoms with Crippen LogP contribution in [0, 0.1) is 0 Å². The van der Waals surface area contributed by atoms with Gasteiger partial charge in [0.05, 0.1) is 12.6 Å². The van der Waals surface area contributed by atoms with E-state index >= 15 is 0 Å². The van der Waals surface area contributed by atoms with Crippen molar-refractivity contribution in [2.24, 2.45) is 0 Å². The molecule has 92 valence electrons. The van der Waals surface area contributed by atoms with E-state index in [1.165, 1.54) is 16.7 Å². The van der Waals surface area contributed by atoms with E-state index in [2.05, 4.69) is 53.4 Å². The van der Waals surface area contributed by atoms with Gasteiger partial charge < -0.3 is 5.11 Å². The minimum atomic E-state index is 0.206. The highest BCUT2D eigenvalue weighted by molar-refractivity contribution is 5.41. The van der Waals surface area contributed by atoms with Crippen molar-refractivity contribution in [2.45, 2.75) is 12.6 Å². The van der Waals surface area contributed by atoms with Crippen molar-refractivity contribution in [1.82, 2.24) is 4.90 Å². The number of fused-ring (bicyclic) bond motifs is 1. The Morgan fingerprint density at radius 2 is 1.72 bits per heavy atom. The molecule has 1 aliphatic heterocycles. The van der Waals surface area contributed by atoms with E-state index in [-0.39, 0.29) is 12.6 Å². The lowest BCUT2D eigenvalue weighted by Crippen LogP contribution is -2.26. The van der Waals surface area contributed by atoms with Crippen LogP contribution in [-0.4, -0.2) is 23.2 Å². The second-order valence-electron chi connectivity index (χ2n) is 4.71. The Bertz CT molecular complexity index is 524. The van der Waals surface area contributed by atoms with Crippen LogP contribution < -0.4 is 0 Å². The summed E-state index contributed by atoms with van der Waals surface area (Å²) in [5.41, 5.74) is 4.05. The molecule has 0 fully saturated rings. The molecule has 2 nitrogen and oxygen atoms in total. The minimum Gasteiger partial charge on any atom is -0.395 e.